The number of ether oxygens (including phenoxy) is 2. The second kappa shape index (κ2) is 8.41. The number of nitrogens with zero attached hydrogens (tertiary/aromatic N) is 2. The smallest absolute Gasteiger partial charge is 0.337 e. The van der Waals surface area contributed by atoms with Crippen LogP contribution in [-0.4, -0.2) is 61.1 Å². The van der Waals surface area contributed by atoms with Crippen molar-refractivity contribution in [3.63, 3.8) is 0 Å². The number of rotatable bonds is 4. The number of carbonyl (C=O) groups is 3. The van der Waals surface area contributed by atoms with Crippen molar-refractivity contribution in [2.45, 2.75) is 0 Å². The predicted octanol–water partition coefficient (Wildman–Crippen LogP) is 1.59. The van der Waals surface area contributed by atoms with Crippen LogP contribution < -0.4 is 5.32 Å². The van der Waals surface area contributed by atoms with Crippen LogP contribution in [0.25, 0.3) is 0 Å². The number of morpholine rings is 1. The van der Waals surface area contributed by atoms with Crippen LogP contribution in [0.4, 0.5) is 5.69 Å². The van der Waals surface area contributed by atoms with Crippen molar-refractivity contribution < 1.29 is 23.9 Å². The fourth-order valence-electron chi connectivity index (χ4n) is 2.65. The van der Waals surface area contributed by atoms with E-state index in [0.717, 1.165) is 0 Å². The van der Waals surface area contributed by atoms with Gasteiger partial charge in [-0.15, -0.1) is 0 Å². The van der Waals surface area contributed by atoms with Crippen LogP contribution in [0.2, 0.25) is 0 Å². The minimum absolute atomic E-state index is 0.109. The summed E-state index contributed by atoms with van der Waals surface area (Å²) in [6.07, 6.45) is 0. The Balaban J connectivity index is 1.74. The van der Waals surface area contributed by atoms with Gasteiger partial charge in [-0.2, -0.15) is 0 Å². The largest absolute Gasteiger partial charge is 0.465 e. The number of amides is 2. The first-order valence-electron chi connectivity index (χ1n) is 8.42. The van der Waals surface area contributed by atoms with Gasteiger partial charge in [0.15, 0.2) is 0 Å². The summed E-state index contributed by atoms with van der Waals surface area (Å²) in [5, 5.41) is 2.67. The maximum atomic E-state index is 12.5. The number of nitrogens with one attached hydrogen (secondary N) is 1. The molecule has 1 aliphatic rings. The Morgan fingerprint density at radius 3 is 2.52 bits per heavy atom. The number of benzene rings is 1. The number of aromatic nitrogens is 1. The lowest BCUT2D eigenvalue weighted by molar-refractivity contribution is 0.0299. The Hall–Kier alpha value is -3.26. The summed E-state index contributed by atoms with van der Waals surface area (Å²) in [6.45, 7) is 1.97. The molecule has 0 unspecified atom stereocenters. The van der Waals surface area contributed by atoms with Crippen molar-refractivity contribution in [2.75, 3.05) is 38.7 Å². The topological polar surface area (TPSA) is 97.8 Å². The van der Waals surface area contributed by atoms with E-state index in [-0.39, 0.29) is 17.3 Å². The van der Waals surface area contributed by atoms with Gasteiger partial charge in [-0.1, -0.05) is 12.1 Å². The van der Waals surface area contributed by atoms with E-state index in [4.69, 9.17) is 4.74 Å². The summed E-state index contributed by atoms with van der Waals surface area (Å²) in [4.78, 5) is 42.4. The highest BCUT2D eigenvalue weighted by atomic mass is 16.5. The number of anilines is 1. The molecule has 0 bridgehead atoms. The molecule has 3 rings (SSSR count). The van der Waals surface area contributed by atoms with Crippen molar-refractivity contribution >= 4 is 23.5 Å². The molecule has 1 aliphatic heterocycles. The molecule has 1 fully saturated rings. The highest BCUT2D eigenvalue weighted by Crippen LogP contribution is 2.13. The molecule has 2 aromatic rings. The van der Waals surface area contributed by atoms with Gasteiger partial charge in [-0.25, -0.2) is 9.78 Å². The Labute approximate surface area is 156 Å². The lowest BCUT2D eigenvalue weighted by Gasteiger charge is -2.26. The summed E-state index contributed by atoms with van der Waals surface area (Å²) in [5.74, 6) is -1.21. The molecule has 2 heterocycles. The molecule has 0 spiro atoms. The number of hydrogen-bond acceptors (Lipinski definition) is 6. The van der Waals surface area contributed by atoms with Crippen LogP contribution in [0.5, 0.6) is 0 Å². The number of esters is 1. The molecule has 0 atom stereocenters. The molecule has 1 aromatic carbocycles. The van der Waals surface area contributed by atoms with E-state index in [1.165, 1.54) is 19.2 Å². The van der Waals surface area contributed by atoms with Crippen molar-refractivity contribution in [1.82, 2.24) is 9.88 Å². The predicted molar refractivity (Wildman–Crippen MR) is 96.7 cm³/mol. The summed E-state index contributed by atoms with van der Waals surface area (Å²) in [6, 6.07) is 11.1. The van der Waals surface area contributed by atoms with E-state index in [1.54, 1.807) is 35.2 Å². The van der Waals surface area contributed by atoms with Crippen molar-refractivity contribution in [2.24, 2.45) is 0 Å². The van der Waals surface area contributed by atoms with Crippen LogP contribution in [0.15, 0.2) is 42.5 Å². The average molecular weight is 369 g/mol. The minimum Gasteiger partial charge on any atom is -0.465 e. The number of carbonyl (C=O) groups excluding carboxylic acids is 3. The highest BCUT2D eigenvalue weighted by Gasteiger charge is 2.20. The number of pyridine rings is 1. The fraction of sp³-hybridized carbons (Fsp3) is 0.263. The van der Waals surface area contributed by atoms with E-state index in [2.05, 4.69) is 15.0 Å². The first kappa shape index (κ1) is 18.5. The molecule has 0 radical (unpaired) electrons. The van der Waals surface area contributed by atoms with E-state index in [1.807, 2.05) is 0 Å². The zero-order chi connectivity index (χ0) is 19.2. The lowest BCUT2D eigenvalue weighted by atomic mass is 10.2. The Morgan fingerprint density at radius 2 is 1.78 bits per heavy atom. The second-order valence-corrected chi connectivity index (χ2v) is 5.84. The van der Waals surface area contributed by atoms with Gasteiger partial charge in [-0.3, -0.25) is 9.59 Å². The van der Waals surface area contributed by atoms with Gasteiger partial charge in [0.2, 0.25) is 0 Å². The van der Waals surface area contributed by atoms with Gasteiger partial charge >= 0.3 is 5.97 Å². The molecule has 1 aromatic heterocycles. The van der Waals surface area contributed by atoms with Crippen LogP contribution >= 0.6 is 0 Å². The maximum absolute atomic E-state index is 12.5. The van der Waals surface area contributed by atoms with Gasteiger partial charge in [0.25, 0.3) is 11.8 Å². The molecule has 1 N–H and O–H groups in total. The van der Waals surface area contributed by atoms with E-state index in [9.17, 15) is 14.4 Å². The molecule has 27 heavy (non-hydrogen) atoms. The van der Waals surface area contributed by atoms with Gasteiger partial charge in [0, 0.05) is 18.8 Å². The van der Waals surface area contributed by atoms with Gasteiger partial charge in [0.1, 0.15) is 11.4 Å². The molecule has 8 nitrogen and oxygen atoms in total. The first-order chi connectivity index (χ1) is 13.1. The Bertz CT molecular complexity index is 862. The third-order valence-corrected chi connectivity index (χ3v) is 4.04. The molecular weight excluding hydrogens is 350 g/mol. The van der Waals surface area contributed by atoms with E-state index in [0.29, 0.717) is 37.6 Å². The molecule has 2 amide bonds. The summed E-state index contributed by atoms with van der Waals surface area (Å²) in [5.41, 5.74) is 1.06. The average Bonchev–Trinajstić information content (AvgIpc) is 2.73. The van der Waals surface area contributed by atoms with Crippen LogP contribution in [0, 0.1) is 0 Å². The minimum atomic E-state index is -0.498. The number of methoxy groups -OCH3 is 1. The quantitative estimate of drug-likeness (QED) is 0.822. The van der Waals surface area contributed by atoms with E-state index >= 15 is 0 Å². The fourth-order valence-corrected chi connectivity index (χ4v) is 2.65. The molecule has 0 aliphatic carbocycles. The summed E-state index contributed by atoms with van der Waals surface area (Å²) >= 11 is 0. The third-order valence-electron chi connectivity index (χ3n) is 4.04. The lowest BCUT2D eigenvalue weighted by Crippen LogP contribution is -2.41. The molecule has 1 saturated heterocycles. The highest BCUT2D eigenvalue weighted by molar-refractivity contribution is 6.04. The van der Waals surface area contributed by atoms with Crippen molar-refractivity contribution in [1.29, 1.82) is 0 Å². The van der Waals surface area contributed by atoms with Crippen LogP contribution in [-0.2, 0) is 9.47 Å². The summed E-state index contributed by atoms with van der Waals surface area (Å²) in [7, 11) is 1.29. The normalized spacial score (nSPS) is 13.7. The second-order valence-electron chi connectivity index (χ2n) is 5.84. The van der Waals surface area contributed by atoms with Gasteiger partial charge in [0.05, 0.1) is 25.9 Å². The van der Waals surface area contributed by atoms with E-state index < -0.39 is 11.9 Å². The Kier molecular flexibility index (Phi) is 5.77. The van der Waals surface area contributed by atoms with Crippen molar-refractivity contribution in [3.05, 3.63) is 59.4 Å². The zero-order valence-corrected chi connectivity index (χ0v) is 14.8. The van der Waals surface area contributed by atoms with Crippen LogP contribution in [0.3, 0.4) is 0 Å². The molecule has 140 valence electrons. The van der Waals surface area contributed by atoms with Gasteiger partial charge < -0.3 is 19.7 Å². The third kappa shape index (κ3) is 4.48. The SMILES string of the molecule is COC(=O)c1cccc(NC(=O)c2cccc(C(=O)N3CCOCC3)n2)c1. The van der Waals surface area contributed by atoms with Crippen LogP contribution in [0.1, 0.15) is 31.3 Å². The monoisotopic (exact) mass is 369 g/mol. The zero-order valence-electron chi connectivity index (χ0n) is 14.8. The molecule has 0 saturated carbocycles. The standard InChI is InChI=1S/C19H19N3O5/c1-26-19(25)13-4-2-5-14(12-13)20-17(23)15-6-3-7-16(21-15)18(24)22-8-10-27-11-9-22/h2-7,12H,8-11H2,1H3,(H,20,23). The first-order valence-corrected chi connectivity index (χ1v) is 8.42. The molecule has 8 heteroatoms. The maximum Gasteiger partial charge on any atom is 0.337 e. The van der Waals surface area contributed by atoms with Crippen molar-refractivity contribution in [3.8, 4) is 0 Å². The number of hydrogen-bond donors (Lipinski definition) is 1. The summed E-state index contributed by atoms with van der Waals surface area (Å²) < 4.78 is 9.90. The van der Waals surface area contributed by atoms with Gasteiger partial charge in [-0.05, 0) is 30.3 Å². The molecular formula is C19H19N3O5. The Morgan fingerprint density at radius 1 is 1.07 bits per heavy atom.